The molecule has 0 amide bonds. The first-order valence-corrected chi connectivity index (χ1v) is 17.4. The molecule has 49 heavy (non-hydrogen) atoms. The number of para-hydroxylation sites is 1. The molecular weight excluding hydrogens is 597 g/mol. The summed E-state index contributed by atoms with van der Waals surface area (Å²) in [6.45, 7) is 13.7. The molecule has 1 aliphatic carbocycles. The van der Waals surface area contributed by atoms with Gasteiger partial charge in [-0.2, -0.15) is 0 Å². The van der Waals surface area contributed by atoms with Crippen LogP contribution in [0.3, 0.4) is 0 Å². The molecule has 6 aromatic carbocycles. The van der Waals surface area contributed by atoms with Gasteiger partial charge >= 0.3 is 0 Å². The molecule has 2 atom stereocenters. The second-order valence-electron chi connectivity index (χ2n) is 15.8. The molecule has 1 aliphatic heterocycles. The molecule has 0 spiro atoms. The number of hydrogen-bond acceptors (Lipinski definition) is 3. The number of aromatic nitrogens is 2. The number of nitrogens with zero attached hydrogens (tertiary/aromatic N) is 2. The van der Waals surface area contributed by atoms with E-state index < -0.39 is 0 Å². The second-order valence-corrected chi connectivity index (χ2v) is 15.8. The van der Waals surface area contributed by atoms with Crippen molar-refractivity contribution in [2.24, 2.45) is 0 Å². The summed E-state index contributed by atoms with van der Waals surface area (Å²) in [7, 11) is 0. The summed E-state index contributed by atoms with van der Waals surface area (Å²) in [6, 6.07) is 39.7. The number of fused-ring (bicyclic) bond motifs is 11. The van der Waals surface area contributed by atoms with Crippen molar-refractivity contribution in [3.05, 3.63) is 149 Å². The predicted octanol–water partition coefficient (Wildman–Crippen LogP) is 11.6. The van der Waals surface area contributed by atoms with E-state index in [4.69, 9.17) is 14.7 Å². The van der Waals surface area contributed by atoms with Crippen LogP contribution >= 0.6 is 0 Å². The molecule has 7 aromatic rings. The van der Waals surface area contributed by atoms with Crippen molar-refractivity contribution < 1.29 is 4.74 Å². The maximum atomic E-state index is 6.69. The van der Waals surface area contributed by atoms with Gasteiger partial charge in [-0.3, -0.25) is 4.98 Å². The Bertz CT molecular complexity index is 2510. The van der Waals surface area contributed by atoms with Gasteiger partial charge in [-0.05, 0) is 79.8 Å². The Kier molecular flexibility index (Phi) is 6.46. The van der Waals surface area contributed by atoms with Crippen molar-refractivity contribution in [2.75, 3.05) is 0 Å². The van der Waals surface area contributed by atoms with Crippen molar-refractivity contribution in [3.8, 4) is 17.0 Å². The molecule has 1 aromatic heterocycles. The summed E-state index contributed by atoms with van der Waals surface area (Å²) in [5.74, 6) is 1.13. The Morgan fingerprint density at radius 1 is 0.571 bits per heavy atom. The zero-order valence-corrected chi connectivity index (χ0v) is 29.0. The number of ether oxygens (including phenoxy) is 1. The van der Waals surface area contributed by atoms with Crippen LogP contribution in [0.2, 0.25) is 0 Å². The van der Waals surface area contributed by atoms with Gasteiger partial charge < -0.3 is 4.74 Å². The zero-order chi connectivity index (χ0) is 33.7. The van der Waals surface area contributed by atoms with E-state index in [0.717, 1.165) is 44.4 Å². The first-order chi connectivity index (χ1) is 23.5. The van der Waals surface area contributed by atoms with Crippen molar-refractivity contribution in [1.29, 1.82) is 0 Å². The molecule has 3 heteroatoms. The fourth-order valence-electron chi connectivity index (χ4n) is 7.86. The van der Waals surface area contributed by atoms with Gasteiger partial charge in [-0.25, -0.2) is 4.98 Å². The third kappa shape index (κ3) is 4.78. The van der Waals surface area contributed by atoms with Crippen LogP contribution in [-0.4, -0.2) is 16.1 Å². The lowest BCUT2D eigenvalue weighted by Gasteiger charge is -2.29. The largest absolute Gasteiger partial charge is 0.484 e. The van der Waals surface area contributed by atoms with Crippen LogP contribution in [0.4, 0.5) is 0 Å². The average molecular weight is 637 g/mol. The summed E-state index contributed by atoms with van der Waals surface area (Å²) in [5, 5.41) is 4.75. The quantitative estimate of drug-likeness (QED) is 0.177. The topological polar surface area (TPSA) is 35.0 Å². The minimum Gasteiger partial charge on any atom is -0.484 e. The molecule has 2 heterocycles. The standard InChI is InChI=1S/C46H40N2O/c1-45(2,3)30-18-20-33-37(24-30)38-25-31(46(4,5)6)19-21-34(38)43-42(33)47-26-39(48-43)29-14-11-13-27(22-29)36-23-28-12-7-8-15-32(28)41-35-16-9-10-17-40(35)49-44(36)41/h7-26,41,44H,1-6H3. The molecule has 3 nitrogen and oxygen atoms in total. The van der Waals surface area contributed by atoms with E-state index in [1.54, 1.807) is 0 Å². The van der Waals surface area contributed by atoms with Gasteiger partial charge in [0.15, 0.2) is 0 Å². The van der Waals surface area contributed by atoms with Crippen molar-refractivity contribution in [3.63, 3.8) is 0 Å². The van der Waals surface area contributed by atoms with Gasteiger partial charge in [0.1, 0.15) is 11.9 Å². The van der Waals surface area contributed by atoms with E-state index in [9.17, 15) is 0 Å². The van der Waals surface area contributed by atoms with Crippen molar-refractivity contribution >= 4 is 44.2 Å². The van der Waals surface area contributed by atoms with Gasteiger partial charge in [0, 0.05) is 27.5 Å². The Balaban J connectivity index is 1.21. The molecule has 0 saturated heterocycles. The summed E-state index contributed by atoms with van der Waals surface area (Å²) < 4.78 is 6.69. The monoisotopic (exact) mass is 636 g/mol. The zero-order valence-electron chi connectivity index (χ0n) is 29.0. The summed E-state index contributed by atoms with van der Waals surface area (Å²) in [6.07, 6.45) is 4.17. The first kappa shape index (κ1) is 29.8. The van der Waals surface area contributed by atoms with Gasteiger partial charge in [-0.1, -0.05) is 126 Å². The van der Waals surface area contributed by atoms with Crippen molar-refractivity contribution in [2.45, 2.75) is 64.4 Å². The highest BCUT2D eigenvalue weighted by atomic mass is 16.5. The van der Waals surface area contributed by atoms with E-state index in [-0.39, 0.29) is 22.9 Å². The third-order valence-corrected chi connectivity index (χ3v) is 10.6. The molecule has 9 rings (SSSR count). The van der Waals surface area contributed by atoms with Crippen LogP contribution in [0.1, 0.15) is 80.8 Å². The minimum absolute atomic E-state index is 0.0306. The maximum Gasteiger partial charge on any atom is 0.135 e. The van der Waals surface area contributed by atoms with Crippen molar-refractivity contribution in [1.82, 2.24) is 9.97 Å². The highest BCUT2D eigenvalue weighted by Gasteiger charge is 2.41. The molecule has 0 N–H and O–H groups in total. The van der Waals surface area contributed by atoms with Gasteiger partial charge in [0.25, 0.3) is 0 Å². The highest BCUT2D eigenvalue weighted by molar-refractivity contribution is 6.23. The number of benzene rings is 6. The van der Waals surface area contributed by atoms with Crippen LogP contribution in [0.25, 0.3) is 55.5 Å². The smallest absolute Gasteiger partial charge is 0.135 e. The van der Waals surface area contributed by atoms with E-state index in [1.165, 1.54) is 44.2 Å². The molecule has 0 radical (unpaired) electrons. The van der Waals surface area contributed by atoms with Crippen LogP contribution in [0, 0.1) is 0 Å². The number of hydrogen-bond donors (Lipinski definition) is 0. The summed E-state index contributed by atoms with van der Waals surface area (Å²) in [5.41, 5.74) is 12.7. The molecule has 240 valence electrons. The van der Waals surface area contributed by atoms with E-state index in [0.29, 0.717) is 0 Å². The SMILES string of the molecule is CC(C)(C)c1ccc2c(c1)c1cc(C(C)(C)C)ccc1c1nc(-c3cccc(C4=Cc5ccccc5C5c6ccccc6OC45)c3)cnc21. The van der Waals surface area contributed by atoms with E-state index in [2.05, 4.69) is 157 Å². The van der Waals surface area contributed by atoms with Gasteiger partial charge in [-0.15, -0.1) is 0 Å². The maximum absolute atomic E-state index is 6.69. The van der Waals surface area contributed by atoms with Crippen LogP contribution < -0.4 is 4.74 Å². The molecular formula is C46H40N2O. The normalized spacial score (nSPS) is 17.1. The molecule has 2 unspecified atom stereocenters. The Labute approximate surface area is 288 Å². The van der Waals surface area contributed by atoms with E-state index in [1.807, 2.05) is 6.20 Å². The Morgan fingerprint density at radius 3 is 1.92 bits per heavy atom. The molecule has 2 aliphatic rings. The second kappa shape index (κ2) is 10.6. The fraction of sp³-hybridized carbons (Fsp3) is 0.217. The predicted molar refractivity (Wildman–Crippen MR) is 204 cm³/mol. The van der Waals surface area contributed by atoms with Gasteiger partial charge in [0.2, 0.25) is 0 Å². The van der Waals surface area contributed by atoms with E-state index >= 15 is 0 Å². The van der Waals surface area contributed by atoms with Crippen LogP contribution in [0.5, 0.6) is 5.75 Å². The summed E-state index contributed by atoms with van der Waals surface area (Å²) in [4.78, 5) is 10.5. The van der Waals surface area contributed by atoms with Crippen LogP contribution in [0.15, 0.2) is 115 Å². The molecule has 0 bridgehead atoms. The first-order valence-electron chi connectivity index (χ1n) is 17.4. The Hall–Kier alpha value is -5.28. The lowest BCUT2D eigenvalue weighted by atomic mass is 9.76. The minimum atomic E-state index is -0.0875. The lowest BCUT2D eigenvalue weighted by molar-refractivity contribution is 0.276. The third-order valence-electron chi connectivity index (χ3n) is 10.6. The Morgan fingerprint density at radius 2 is 1.20 bits per heavy atom. The fourth-order valence-corrected chi connectivity index (χ4v) is 7.86. The highest BCUT2D eigenvalue weighted by Crippen LogP contribution is 2.51. The lowest BCUT2D eigenvalue weighted by Crippen LogP contribution is -2.25. The number of rotatable bonds is 2. The molecule has 0 saturated carbocycles. The summed E-state index contributed by atoms with van der Waals surface area (Å²) >= 11 is 0. The van der Waals surface area contributed by atoms with Gasteiger partial charge in [0.05, 0.1) is 28.8 Å². The average Bonchev–Trinajstić information content (AvgIpc) is 3.50. The van der Waals surface area contributed by atoms with Crippen LogP contribution in [-0.2, 0) is 10.8 Å². The molecule has 0 fully saturated rings.